The minimum atomic E-state index is -4.07. The molecule has 0 aliphatic rings. The molecule has 0 bridgehead atoms. The third-order valence-corrected chi connectivity index (χ3v) is 6.18. The number of nitrogens with one attached hydrogen (secondary N) is 2. The van der Waals surface area contributed by atoms with Gasteiger partial charge in [0.1, 0.15) is 5.82 Å². The summed E-state index contributed by atoms with van der Waals surface area (Å²) in [6, 6.07) is 15.1. The second-order valence-corrected chi connectivity index (χ2v) is 9.07. The number of para-hydroxylation sites is 1. The molecule has 29 heavy (non-hydrogen) atoms. The van der Waals surface area contributed by atoms with E-state index >= 15 is 0 Å². The molecule has 3 aromatic rings. The van der Waals surface area contributed by atoms with Crippen molar-refractivity contribution < 1.29 is 17.6 Å². The highest BCUT2D eigenvalue weighted by atomic mass is 79.9. The minimum absolute atomic E-state index is 0.135. The van der Waals surface area contributed by atoms with Crippen LogP contribution in [0.5, 0.6) is 0 Å². The third-order valence-electron chi connectivity index (χ3n) is 4.32. The molecule has 0 unspecified atom stereocenters. The summed E-state index contributed by atoms with van der Waals surface area (Å²) in [5, 5.41) is 2.80. The van der Waals surface area contributed by atoms with E-state index in [9.17, 15) is 17.6 Å². The van der Waals surface area contributed by atoms with E-state index in [0.717, 1.165) is 16.1 Å². The standard InChI is InChI=1S/C21H18BrFN2O3S/c1-13-7-9-16(29(27,28)25-20-6-4-3-5-18(20)23)12-17(13)21(26)24-19-10-8-15(22)11-14(19)2/h3-12,25H,1-2H3,(H,24,26). The van der Waals surface area contributed by atoms with E-state index in [-0.39, 0.29) is 16.1 Å². The summed E-state index contributed by atoms with van der Waals surface area (Å²) in [4.78, 5) is 12.6. The lowest BCUT2D eigenvalue weighted by atomic mass is 10.1. The molecule has 0 spiro atoms. The molecule has 1 amide bonds. The number of amides is 1. The van der Waals surface area contributed by atoms with E-state index in [1.54, 1.807) is 25.1 Å². The van der Waals surface area contributed by atoms with Gasteiger partial charge in [-0.3, -0.25) is 9.52 Å². The first kappa shape index (κ1) is 21.0. The first-order valence-corrected chi connectivity index (χ1v) is 10.9. The van der Waals surface area contributed by atoms with Crippen molar-refractivity contribution in [1.82, 2.24) is 0 Å². The molecule has 0 aliphatic carbocycles. The van der Waals surface area contributed by atoms with Gasteiger partial charge in [-0.05, 0) is 67.4 Å². The number of sulfonamides is 1. The maximum Gasteiger partial charge on any atom is 0.262 e. The molecule has 0 heterocycles. The van der Waals surface area contributed by atoms with Gasteiger partial charge in [0.05, 0.1) is 10.6 Å². The predicted molar refractivity (Wildman–Crippen MR) is 115 cm³/mol. The van der Waals surface area contributed by atoms with Gasteiger partial charge in [0, 0.05) is 15.7 Å². The lowest BCUT2D eigenvalue weighted by Gasteiger charge is -2.13. The molecule has 0 fully saturated rings. The lowest BCUT2D eigenvalue weighted by Crippen LogP contribution is -2.17. The molecule has 5 nitrogen and oxygen atoms in total. The van der Waals surface area contributed by atoms with Crippen LogP contribution in [-0.4, -0.2) is 14.3 Å². The largest absolute Gasteiger partial charge is 0.322 e. The number of aryl methyl sites for hydroxylation is 2. The fourth-order valence-corrected chi connectivity index (χ4v) is 4.29. The first-order chi connectivity index (χ1) is 13.7. The molecule has 0 aliphatic heterocycles. The van der Waals surface area contributed by atoms with Crippen LogP contribution in [0.2, 0.25) is 0 Å². The minimum Gasteiger partial charge on any atom is -0.322 e. The smallest absolute Gasteiger partial charge is 0.262 e. The maximum absolute atomic E-state index is 13.8. The van der Waals surface area contributed by atoms with Crippen molar-refractivity contribution in [3.05, 3.63) is 87.6 Å². The van der Waals surface area contributed by atoms with Gasteiger partial charge in [0.2, 0.25) is 0 Å². The topological polar surface area (TPSA) is 75.3 Å². The van der Waals surface area contributed by atoms with Crippen LogP contribution >= 0.6 is 15.9 Å². The van der Waals surface area contributed by atoms with Crippen LogP contribution in [0, 0.1) is 19.7 Å². The summed E-state index contributed by atoms with van der Waals surface area (Å²) < 4.78 is 42.3. The molecular formula is C21H18BrFN2O3S. The number of carbonyl (C=O) groups excluding carboxylic acids is 1. The normalized spacial score (nSPS) is 11.2. The number of hydrogen-bond acceptors (Lipinski definition) is 3. The van der Waals surface area contributed by atoms with Crippen molar-refractivity contribution >= 4 is 43.2 Å². The summed E-state index contributed by atoms with van der Waals surface area (Å²) in [6.45, 7) is 3.57. The Labute approximate surface area is 177 Å². The predicted octanol–water partition coefficient (Wildman–Crippen LogP) is 5.26. The fourth-order valence-electron chi connectivity index (χ4n) is 2.72. The van der Waals surface area contributed by atoms with E-state index in [1.807, 2.05) is 13.0 Å². The van der Waals surface area contributed by atoms with Crippen LogP contribution in [0.3, 0.4) is 0 Å². The average molecular weight is 477 g/mol. The fraction of sp³-hybridized carbons (Fsp3) is 0.0952. The van der Waals surface area contributed by atoms with Gasteiger partial charge in [0.15, 0.2) is 0 Å². The zero-order valence-corrected chi connectivity index (χ0v) is 18.1. The van der Waals surface area contributed by atoms with Crippen LogP contribution in [-0.2, 0) is 10.0 Å². The summed E-state index contributed by atoms with van der Waals surface area (Å²) in [6.07, 6.45) is 0. The van der Waals surface area contributed by atoms with E-state index < -0.39 is 21.7 Å². The zero-order valence-electron chi connectivity index (χ0n) is 15.7. The highest BCUT2D eigenvalue weighted by Crippen LogP contribution is 2.24. The SMILES string of the molecule is Cc1cc(Br)ccc1NC(=O)c1cc(S(=O)(=O)Nc2ccccc2F)ccc1C. The van der Waals surface area contributed by atoms with Crippen molar-refractivity contribution in [3.8, 4) is 0 Å². The average Bonchev–Trinajstić information content (AvgIpc) is 2.66. The molecule has 0 atom stereocenters. The Morgan fingerprint density at radius 1 is 0.931 bits per heavy atom. The summed E-state index contributed by atoms with van der Waals surface area (Å²) in [5.41, 5.74) is 2.14. The Morgan fingerprint density at radius 3 is 2.34 bits per heavy atom. The number of halogens is 2. The van der Waals surface area contributed by atoms with E-state index in [2.05, 4.69) is 26.0 Å². The quantitative estimate of drug-likeness (QED) is 0.527. The molecule has 0 aromatic heterocycles. The lowest BCUT2D eigenvalue weighted by molar-refractivity contribution is 0.102. The Kier molecular flexibility index (Phi) is 6.04. The van der Waals surface area contributed by atoms with Gasteiger partial charge < -0.3 is 5.32 Å². The van der Waals surface area contributed by atoms with Crippen LogP contribution in [0.15, 0.2) is 70.0 Å². The molecular weight excluding hydrogens is 459 g/mol. The Hall–Kier alpha value is -2.71. The summed E-state index contributed by atoms with van der Waals surface area (Å²) >= 11 is 3.37. The monoisotopic (exact) mass is 476 g/mol. The Balaban J connectivity index is 1.91. The van der Waals surface area contributed by atoms with Crippen molar-refractivity contribution in [2.75, 3.05) is 10.0 Å². The number of anilines is 2. The van der Waals surface area contributed by atoms with E-state index in [4.69, 9.17) is 0 Å². The second-order valence-electron chi connectivity index (χ2n) is 6.48. The molecule has 3 aromatic carbocycles. The number of benzene rings is 3. The van der Waals surface area contributed by atoms with E-state index in [0.29, 0.717) is 11.3 Å². The van der Waals surface area contributed by atoms with Gasteiger partial charge in [-0.25, -0.2) is 12.8 Å². The van der Waals surface area contributed by atoms with Crippen molar-refractivity contribution in [1.29, 1.82) is 0 Å². The Morgan fingerprint density at radius 2 is 1.66 bits per heavy atom. The first-order valence-electron chi connectivity index (χ1n) is 8.63. The van der Waals surface area contributed by atoms with Crippen molar-refractivity contribution in [2.45, 2.75) is 18.7 Å². The number of hydrogen-bond donors (Lipinski definition) is 2. The molecule has 150 valence electrons. The summed E-state index contributed by atoms with van der Waals surface area (Å²) in [7, 11) is -4.07. The Bertz CT molecular complexity index is 1200. The van der Waals surface area contributed by atoms with Crippen LogP contribution in [0.4, 0.5) is 15.8 Å². The molecule has 3 rings (SSSR count). The van der Waals surface area contributed by atoms with Crippen LogP contribution in [0.1, 0.15) is 21.5 Å². The molecule has 0 radical (unpaired) electrons. The van der Waals surface area contributed by atoms with Crippen LogP contribution in [0.25, 0.3) is 0 Å². The van der Waals surface area contributed by atoms with E-state index in [1.165, 1.54) is 30.3 Å². The van der Waals surface area contributed by atoms with Crippen LogP contribution < -0.4 is 10.0 Å². The summed E-state index contributed by atoms with van der Waals surface area (Å²) in [5.74, 6) is -1.12. The third kappa shape index (κ3) is 4.83. The van der Waals surface area contributed by atoms with Crippen molar-refractivity contribution in [3.63, 3.8) is 0 Å². The molecule has 0 saturated heterocycles. The van der Waals surface area contributed by atoms with Gasteiger partial charge in [0.25, 0.3) is 15.9 Å². The van der Waals surface area contributed by atoms with Gasteiger partial charge in [-0.1, -0.05) is 34.1 Å². The van der Waals surface area contributed by atoms with Gasteiger partial charge >= 0.3 is 0 Å². The molecule has 0 saturated carbocycles. The van der Waals surface area contributed by atoms with Gasteiger partial charge in [-0.15, -0.1) is 0 Å². The maximum atomic E-state index is 13.8. The van der Waals surface area contributed by atoms with Gasteiger partial charge in [-0.2, -0.15) is 0 Å². The number of rotatable bonds is 5. The highest BCUT2D eigenvalue weighted by molar-refractivity contribution is 9.10. The molecule has 2 N–H and O–H groups in total. The highest BCUT2D eigenvalue weighted by Gasteiger charge is 2.20. The second kappa shape index (κ2) is 8.34. The molecule has 8 heteroatoms. The van der Waals surface area contributed by atoms with Crippen molar-refractivity contribution in [2.24, 2.45) is 0 Å². The zero-order chi connectivity index (χ0) is 21.2. The number of carbonyl (C=O) groups is 1.